The maximum absolute atomic E-state index is 2.58. The molecule has 2 nitrogen and oxygen atoms in total. The Bertz CT molecular complexity index is 559. The van der Waals surface area contributed by atoms with Gasteiger partial charge in [-0.3, -0.25) is 0 Å². The Morgan fingerprint density at radius 1 is 0.588 bits per heavy atom. The Labute approximate surface area is 215 Å². The van der Waals surface area contributed by atoms with Gasteiger partial charge in [-0.05, 0) is 32.6 Å². The van der Waals surface area contributed by atoms with E-state index in [1.165, 1.54) is 147 Å². The van der Waals surface area contributed by atoms with E-state index < -0.39 is 0 Å². The maximum atomic E-state index is 2.58. The second kappa shape index (κ2) is 21.5. The largest absolute Gasteiger partial charge is 0.259 e. The van der Waals surface area contributed by atoms with E-state index in [4.69, 9.17) is 0 Å². The predicted molar refractivity (Wildman–Crippen MR) is 152 cm³/mol. The standard InChI is InChI=1S/C32H63N2/c1-6-8-10-12-14-15-16-17-18-19-20-21-23-25-27-33-28-29-34(32(33)30(3)4)31(5)26-24-22-13-11-9-7-2/h28-31H,6-27H2,1-5H3/q+1. The van der Waals surface area contributed by atoms with Crippen LogP contribution >= 0.6 is 0 Å². The Morgan fingerprint density at radius 3 is 1.44 bits per heavy atom. The molecule has 1 aromatic rings. The summed E-state index contributed by atoms with van der Waals surface area (Å²) in [4.78, 5) is 0. The first kappa shape index (κ1) is 31.2. The fourth-order valence-corrected chi connectivity index (χ4v) is 5.48. The van der Waals surface area contributed by atoms with Gasteiger partial charge >= 0.3 is 0 Å². The van der Waals surface area contributed by atoms with E-state index in [9.17, 15) is 0 Å². The quantitative estimate of drug-likeness (QED) is 0.104. The zero-order valence-corrected chi connectivity index (χ0v) is 24.3. The van der Waals surface area contributed by atoms with Gasteiger partial charge in [0.05, 0.1) is 18.5 Å². The molecule has 0 aliphatic heterocycles. The number of unbranched alkanes of at least 4 members (excludes halogenated alkanes) is 18. The van der Waals surface area contributed by atoms with Gasteiger partial charge in [0.2, 0.25) is 0 Å². The van der Waals surface area contributed by atoms with E-state index in [2.05, 4.69) is 56.1 Å². The van der Waals surface area contributed by atoms with Crippen molar-refractivity contribution in [2.75, 3.05) is 0 Å². The molecule has 0 saturated carbocycles. The molecule has 1 aromatic heterocycles. The lowest BCUT2D eigenvalue weighted by atomic mass is 10.0. The molecule has 0 aliphatic rings. The molecule has 0 amide bonds. The van der Waals surface area contributed by atoms with Gasteiger partial charge in [-0.2, -0.15) is 0 Å². The molecule has 0 fully saturated rings. The predicted octanol–water partition coefficient (Wildman–Crippen LogP) is 10.7. The van der Waals surface area contributed by atoms with Crippen LogP contribution in [-0.2, 0) is 6.54 Å². The molecule has 1 unspecified atom stereocenters. The minimum Gasteiger partial charge on any atom is -0.234 e. The van der Waals surface area contributed by atoms with Gasteiger partial charge in [0, 0.05) is 0 Å². The average Bonchev–Trinajstić information content (AvgIpc) is 3.26. The number of imidazole rings is 1. The van der Waals surface area contributed by atoms with E-state index >= 15 is 0 Å². The Balaban J connectivity index is 2.16. The van der Waals surface area contributed by atoms with Crippen LogP contribution in [0.25, 0.3) is 0 Å². The van der Waals surface area contributed by atoms with Gasteiger partial charge in [0.25, 0.3) is 5.82 Å². The smallest absolute Gasteiger partial charge is 0.234 e. The van der Waals surface area contributed by atoms with Crippen molar-refractivity contribution in [2.45, 2.75) is 188 Å². The summed E-state index contributed by atoms with van der Waals surface area (Å²) in [5, 5.41) is 0. The summed E-state index contributed by atoms with van der Waals surface area (Å²) in [5.74, 6) is 2.13. The first-order valence-corrected chi connectivity index (χ1v) is 15.7. The van der Waals surface area contributed by atoms with E-state index in [1.807, 2.05) is 0 Å². The normalized spacial score (nSPS) is 12.6. The summed E-state index contributed by atoms with van der Waals surface area (Å²) < 4.78 is 5.14. The number of rotatable bonds is 24. The molecule has 1 heterocycles. The van der Waals surface area contributed by atoms with Gasteiger partial charge in [0.1, 0.15) is 12.4 Å². The van der Waals surface area contributed by atoms with Crippen LogP contribution in [0.3, 0.4) is 0 Å². The monoisotopic (exact) mass is 475 g/mol. The molecule has 2 heteroatoms. The molecule has 0 saturated heterocycles. The third kappa shape index (κ3) is 14.6. The third-order valence-corrected chi connectivity index (χ3v) is 7.69. The first-order valence-electron chi connectivity index (χ1n) is 15.7. The van der Waals surface area contributed by atoms with E-state index in [-0.39, 0.29) is 0 Å². The zero-order valence-electron chi connectivity index (χ0n) is 24.3. The maximum Gasteiger partial charge on any atom is 0.259 e. The van der Waals surface area contributed by atoms with E-state index in [0.29, 0.717) is 12.0 Å². The first-order chi connectivity index (χ1) is 16.6. The number of aromatic nitrogens is 2. The van der Waals surface area contributed by atoms with Gasteiger partial charge in [-0.25, -0.2) is 9.13 Å². The van der Waals surface area contributed by atoms with Crippen molar-refractivity contribution in [3.63, 3.8) is 0 Å². The molecule has 1 rings (SSSR count). The van der Waals surface area contributed by atoms with E-state index in [1.54, 1.807) is 0 Å². The van der Waals surface area contributed by atoms with Crippen LogP contribution in [0.2, 0.25) is 0 Å². The van der Waals surface area contributed by atoms with Gasteiger partial charge in [-0.15, -0.1) is 0 Å². The molecule has 0 aromatic carbocycles. The van der Waals surface area contributed by atoms with Crippen molar-refractivity contribution in [1.29, 1.82) is 0 Å². The lowest BCUT2D eigenvalue weighted by molar-refractivity contribution is -0.705. The highest BCUT2D eigenvalue weighted by molar-refractivity contribution is 4.92. The van der Waals surface area contributed by atoms with Crippen molar-refractivity contribution >= 4 is 0 Å². The van der Waals surface area contributed by atoms with Crippen LogP contribution < -0.4 is 4.57 Å². The van der Waals surface area contributed by atoms with Gasteiger partial charge in [0.15, 0.2) is 0 Å². The summed E-state index contributed by atoms with van der Waals surface area (Å²) in [6, 6.07) is 0.626. The molecule has 0 bridgehead atoms. The van der Waals surface area contributed by atoms with Crippen LogP contribution in [0.5, 0.6) is 0 Å². The highest BCUT2D eigenvalue weighted by Crippen LogP contribution is 2.22. The molecule has 200 valence electrons. The van der Waals surface area contributed by atoms with Gasteiger partial charge < -0.3 is 0 Å². The highest BCUT2D eigenvalue weighted by atomic mass is 15.2. The van der Waals surface area contributed by atoms with Crippen LogP contribution in [0.1, 0.15) is 187 Å². The molecule has 0 aliphatic carbocycles. The number of aryl methyl sites for hydroxylation is 1. The SMILES string of the molecule is CCCCCCCCCCCCCCCC[n+]1ccn(C(C)CCCCCCCC)c1C(C)C. The van der Waals surface area contributed by atoms with Crippen LogP contribution in [0.15, 0.2) is 12.4 Å². The summed E-state index contributed by atoms with van der Waals surface area (Å²) in [5.41, 5.74) is 0. The molecular formula is C32H63N2+. The van der Waals surface area contributed by atoms with Crippen LogP contribution in [-0.4, -0.2) is 4.57 Å². The Kier molecular flexibility index (Phi) is 19.7. The van der Waals surface area contributed by atoms with Crippen molar-refractivity contribution in [2.24, 2.45) is 0 Å². The minimum absolute atomic E-state index is 0.591. The molecule has 1 atom stereocenters. The van der Waals surface area contributed by atoms with E-state index in [0.717, 1.165) is 0 Å². The zero-order chi connectivity index (χ0) is 24.9. The summed E-state index contributed by atoms with van der Waals surface area (Å²) in [6.07, 6.45) is 34.5. The number of nitrogens with zero attached hydrogens (tertiary/aromatic N) is 2. The molecule has 0 N–H and O–H groups in total. The lowest BCUT2D eigenvalue weighted by Crippen LogP contribution is -2.38. The van der Waals surface area contributed by atoms with Crippen LogP contribution in [0.4, 0.5) is 0 Å². The van der Waals surface area contributed by atoms with Crippen molar-refractivity contribution in [1.82, 2.24) is 4.57 Å². The molecule has 0 radical (unpaired) electrons. The summed E-state index contributed by atoms with van der Waals surface area (Å²) in [6.45, 7) is 13.0. The minimum atomic E-state index is 0.591. The number of hydrogen-bond donors (Lipinski definition) is 0. The average molecular weight is 476 g/mol. The fraction of sp³-hybridized carbons (Fsp3) is 0.906. The summed E-state index contributed by atoms with van der Waals surface area (Å²) in [7, 11) is 0. The topological polar surface area (TPSA) is 8.81 Å². The van der Waals surface area contributed by atoms with Crippen molar-refractivity contribution < 1.29 is 4.57 Å². The second-order valence-corrected chi connectivity index (χ2v) is 11.4. The number of hydrogen-bond acceptors (Lipinski definition) is 0. The van der Waals surface area contributed by atoms with Gasteiger partial charge in [-0.1, -0.05) is 137 Å². The second-order valence-electron chi connectivity index (χ2n) is 11.4. The molecular weight excluding hydrogens is 412 g/mol. The highest BCUT2D eigenvalue weighted by Gasteiger charge is 2.23. The Morgan fingerprint density at radius 2 is 1.00 bits per heavy atom. The third-order valence-electron chi connectivity index (χ3n) is 7.69. The molecule has 34 heavy (non-hydrogen) atoms. The van der Waals surface area contributed by atoms with Crippen molar-refractivity contribution in [3.05, 3.63) is 18.2 Å². The molecule has 0 spiro atoms. The lowest BCUT2D eigenvalue weighted by Gasteiger charge is -2.14. The van der Waals surface area contributed by atoms with Crippen LogP contribution in [0, 0.1) is 0 Å². The van der Waals surface area contributed by atoms with Crippen molar-refractivity contribution in [3.8, 4) is 0 Å². The summed E-state index contributed by atoms with van der Waals surface area (Å²) >= 11 is 0. The fourth-order valence-electron chi connectivity index (χ4n) is 5.48. The Hall–Kier alpha value is -0.790.